The van der Waals surface area contributed by atoms with Gasteiger partial charge in [-0.15, -0.1) is 0 Å². The largest absolute Gasteiger partial charge is 0.492 e. The number of anilines is 1. The molecule has 1 saturated carbocycles. The number of nitrogens with two attached hydrogens (primary N) is 1. The molecule has 3 N–H and O–H groups in total. The molecular weight excluding hydrogens is 252 g/mol. The molecule has 1 amide bonds. The van der Waals surface area contributed by atoms with Crippen LogP contribution in [-0.4, -0.2) is 18.1 Å². The minimum atomic E-state index is -0.319. The van der Waals surface area contributed by atoms with E-state index in [2.05, 4.69) is 5.32 Å². The second-order valence-electron chi connectivity index (χ2n) is 5.73. The zero-order chi connectivity index (χ0) is 14.6. The molecule has 0 atom stereocenters. The fourth-order valence-corrected chi connectivity index (χ4v) is 2.78. The van der Waals surface area contributed by atoms with Gasteiger partial charge in [0.25, 0.3) is 0 Å². The van der Waals surface area contributed by atoms with E-state index in [1.54, 1.807) is 0 Å². The first-order valence-corrected chi connectivity index (χ1v) is 7.34. The standard InChI is InChI=1S/C16H24N2O2/c1-3-20-14-10-12(2)6-7-13(14)18-15(19)11-16(17)8-4-5-9-16/h6-7,10H,3-5,8-9,11,17H2,1-2H3,(H,18,19). The van der Waals surface area contributed by atoms with E-state index in [1.165, 1.54) is 0 Å². The third kappa shape index (κ3) is 3.73. The fourth-order valence-electron chi connectivity index (χ4n) is 2.78. The predicted molar refractivity (Wildman–Crippen MR) is 81.0 cm³/mol. The molecule has 0 aromatic heterocycles. The number of nitrogens with one attached hydrogen (secondary N) is 1. The summed E-state index contributed by atoms with van der Waals surface area (Å²) in [5, 5.41) is 2.93. The van der Waals surface area contributed by atoms with Gasteiger partial charge in [-0.1, -0.05) is 18.9 Å². The highest BCUT2D eigenvalue weighted by Gasteiger charge is 2.31. The van der Waals surface area contributed by atoms with Gasteiger partial charge < -0.3 is 15.8 Å². The van der Waals surface area contributed by atoms with E-state index in [0.29, 0.717) is 13.0 Å². The average molecular weight is 276 g/mol. The van der Waals surface area contributed by atoms with Crippen molar-refractivity contribution in [3.8, 4) is 5.75 Å². The Balaban J connectivity index is 2.03. The zero-order valence-corrected chi connectivity index (χ0v) is 12.4. The minimum Gasteiger partial charge on any atom is -0.492 e. The van der Waals surface area contributed by atoms with E-state index in [0.717, 1.165) is 42.7 Å². The summed E-state index contributed by atoms with van der Waals surface area (Å²) in [6.45, 7) is 4.51. The molecule has 0 unspecified atom stereocenters. The number of ether oxygens (including phenoxy) is 1. The monoisotopic (exact) mass is 276 g/mol. The van der Waals surface area contributed by atoms with Gasteiger partial charge in [-0.2, -0.15) is 0 Å². The summed E-state index contributed by atoms with van der Waals surface area (Å²) >= 11 is 0. The maximum atomic E-state index is 12.2. The van der Waals surface area contributed by atoms with Gasteiger partial charge >= 0.3 is 0 Å². The Hall–Kier alpha value is -1.55. The number of aryl methyl sites for hydroxylation is 1. The van der Waals surface area contributed by atoms with E-state index in [-0.39, 0.29) is 11.4 Å². The first-order valence-electron chi connectivity index (χ1n) is 7.34. The topological polar surface area (TPSA) is 64.3 Å². The second kappa shape index (κ2) is 6.27. The number of benzene rings is 1. The molecule has 0 radical (unpaired) electrons. The molecule has 0 bridgehead atoms. The summed E-state index contributed by atoms with van der Waals surface area (Å²) in [6, 6.07) is 5.79. The molecule has 1 aliphatic carbocycles. The van der Waals surface area contributed by atoms with Gasteiger partial charge in [0.15, 0.2) is 0 Å². The summed E-state index contributed by atoms with van der Waals surface area (Å²) in [5.41, 5.74) is 7.76. The zero-order valence-electron chi connectivity index (χ0n) is 12.4. The predicted octanol–water partition coefficient (Wildman–Crippen LogP) is 2.99. The van der Waals surface area contributed by atoms with E-state index in [1.807, 2.05) is 32.0 Å². The average Bonchev–Trinajstić information content (AvgIpc) is 2.79. The van der Waals surface area contributed by atoms with Crippen LogP contribution in [0.15, 0.2) is 18.2 Å². The molecule has 0 spiro atoms. The van der Waals surface area contributed by atoms with Crippen LogP contribution in [-0.2, 0) is 4.79 Å². The number of carbonyl (C=O) groups excluding carboxylic acids is 1. The van der Waals surface area contributed by atoms with Crippen molar-refractivity contribution in [1.82, 2.24) is 0 Å². The lowest BCUT2D eigenvalue weighted by molar-refractivity contribution is -0.117. The number of carbonyl (C=O) groups is 1. The van der Waals surface area contributed by atoms with E-state index in [9.17, 15) is 4.79 Å². The molecule has 110 valence electrons. The molecule has 0 aliphatic heterocycles. The van der Waals surface area contributed by atoms with Crippen LogP contribution >= 0.6 is 0 Å². The number of amides is 1. The van der Waals surface area contributed by atoms with Gasteiger partial charge in [-0.3, -0.25) is 4.79 Å². The molecule has 1 fully saturated rings. The summed E-state index contributed by atoms with van der Waals surface area (Å²) < 4.78 is 5.57. The number of hydrogen-bond acceptors (Lipinski definition) is 3. The number of hydrogen-bond donors (Lipinski definition) is 2. The highest BCUT2D eigenvalue weighted by Crippen LogP contribution is 2.31. The van der Waals surface area contributed by atoms with Crippen molar-refractivity contribution in [2.75, 3.05) is 11.9 Å². The van der Waals surface area contributed by atoms with E-state index in [4.69, 9.17) is 10.5 Å². The molecule has 0 heterocycles. The fraction of sp³-hybridized carbons (Fsp3) is 0.562. The van der Waals surface area contributed by atoms with Crippen LogP contribution < -0.4 is 15.8 Å². The Morgan fingerprint density at radius 3 is 2.75 bits per heavy atom. The highest BCUT2D eigenvalue weighted by atomic mass is 16.5. The number of rotatable bonds is 5. The van der Waals surface area contributed by atoms with Gasteiger partial charge in [-0.05, 0) is 44.4 Å². The van der Waals surface area contributed by atoms with Crippen LogP contribution in [0.25, 0.3) is 0 Å². The van der Waals surface area contributed by atoms with Gasteiger partial charge in [0.05, 0.1) is 12.3 Å². The molecular formula is C16H24N2O2. The molecule has 1 aliphatic rings. The van der Waals surface area contributed by atoms with Crippen molar-refractivity contribution >= 4 is 11.6 Å². The first kappa shape index (κ1) is 14.9. The van der Waals surface area contributed by atoms with Crippen molar-refractivity contribution in [2.24, 2.45) is 5.73 Å². The van der Waals surface area contributed by atoms with Crippen LogP contribution in [0.2, 0.25) is 0 Å². The van der Waals surface area contributed by atoms with Gasteiger partial charge in [-0.25, -0.2) is 0 Å². The molecule has 20 heavy (non-hydrogen) atoms. The van der Waals surface area contributed by atoms with E-state index < -0.39 is 0 Å². The smallest absolute Gasteiger partial charge is 0.226 e. The molecule has 1 aromatic rings. The summed E-state index contributed by atoms with van der Waals surface area (Å²) in [5.74, 6) is 0.692. The lowest BCUT2D eigenvalue weighted by Crippen LogP contribution is -2.40. The first-order chi connectivity index (χ1) is 9.52. The normalized spacial score (nSPS) is 16.9. The second-order valence-corrected chi connectivity index (χ2v) is 5.73. The van der Waals surface area contributed by atoms with Crippen LogP contribution in [0.4, 0.5) is 5.69 Å². The van der Waals surface area contributed by atoms with Crippen molar-refractivity contribution in [2.45, 2.75) is 51.5 Å². The Morgan fingerprint density at radius 2 is 2.10 bits per heavy atom. The van der Waals surface area contributed by atoms with Crippen LogP contribution in [0.1, 0.15) is 44.6 Å². The van der Waals surface area contributed by atoms with Gasteiger partial charge in [0, 0.05) is 12.0 Å². The van der Waals surface area contributed by atoms with Crippen LogP contribution in [0.5, 0.6) is 5.75 Å². The molecule has 2 rings (SSSR count). The highest BCUT2D eigenvalue weighted by molar-refractivity contribution is 5.93. The minimum absolute atomic E-state index is 0.0285. The molecule has 0 saturated heterocycles. The Morgan fingerprint density at radius 1 is 1.40 bits per heavy atom. The SMILES string of the molecule is CCOc1cc(C)ccc1NC(=O)CC1(N)CCCC1. The Bertz CT molecular complexity index is 479. The quantitative estimate of drug-likeness (QED) is 0.869. The van der Waals surface area contributed by atoms with Crippen molar-refractivity contribution < 1.29 is 9.53 Å². The van der Waals surface area contributed by atoms with Gasteiger partial charge in [0.1, 0.15) is 5.75 Å². The van der Waals surface area contributed by atoms with Crippen LogP contribution in [0, 0.1) is 6.92 Å². The van der Waals surface area contributed by atoms with Crippen molar-refractivity contribution in [1.29, 1.82) is 0 Å². The summed E-state index contributed by atoms with van der Waals surface area (Å²) in [7, 11) is 0. The Labute approximate surface area is 120 Å². The third-order valence-corrected chi connectivity index (χ3v) is 3.82. The molecule has 4 nitrogen and oxygen atoms in total. The van der Waals surface area contributed by atoms with E-state index >= 15 is 0 Å². The maximum absolute atomic E-state index is 12.2. The Kier molecular flexibility index (Phi) is 4.65. The lowest BCUT2D eigenvalue weighted by Gasteiger charge is -2.23. The van der Waals surface area contributed by atoms with Crippen LogP contribution in [0.3, 0.4) is 0 Å². The molecule has 4 heteroatoms. The summed E-state index contributed by atoms with van der Waals surface area (Å²) in [6.07, 6.45) is 4.50. The lowest BCUT2D eigenvalue weighted by atomic mass is 9.94. The summed E-state index contributed by atoms with van der Waals surface area (Å²) in [4.78, 5) is 12.2. The maximum Gasteiger partial charge on any atom is 0.226 e. The van der Waals surface area contributed by atoms with Gasteiger partial charge in [0.2, 0.25) is 5.91 Å². The van der Waals surface area contributed by atoms with Crippen molar-refractivity contribution in [3.05, 3.63) is 23.8 Å². The van der Waals surface area contributed by atoms with Crippen molar-refractivity contribution in [3.63, 3.8) is 0 Å². The molecule has 1 aromatic carbocycles. The third-order valence-electron chi connectivity index (χ3n) is 3.82.